The number of methoxy groups -OCH3 is 1. The van der Waals surface area contributed by atoms with Crippen molar-refractivity contribution in [3.05, 3.63) is 52.5 Å². The maximum Gasteiger partial charge on any atom is 0.387 e. The predicted octanol–water partition coefficient (Wildman–Crippen LogP) is 3.00. The number of halogens is 3. The van der Waals surface area contributed by atoms with Gasteiger partial charge >= 0.3 is 6.61 Å². The molecule has 0 atom stereocenters. The highest BCUT2D eigenvalue weighted by atomic mass is 79.9. The average Bonchev–Trinajstić information content (AvgIpc) is 2.67. The Kier molecular flexibility index (Phi) is 7.94. The molecule has 0 unspecified atom stereocenters. The molecule has 0 heterocycles. The van der Waals surface area contributed by atoms with Crippen molar-refractivity contribution in [1.29, 1.82) is 0 Å². The second-order valence-corrected chi connectivity index (χ2v) is 8.82. The Labute approximate surface area is 175 Å². The Balaban J connectivity index is 1.98. The van der Waals surface area contributed by atoms with Crippen LogP contribution in [0.5, 0.6) is 11.5 Å². The van der Waals surface area contributed by atoms with Crippen LogP contribution in [0.4, 0.5) is 8.78 Å². The molecule has 11 heteroatoms. The van der Waals surface area contributed by atoms with Gasteiger partial charge in [0.1, 0.15) is 0 Å². The van der Waals surface area contributed by atoms with Crippen molar-refractivity contribution >= 4 is 31.9 Å². The fourth-order valence-corrected chi connectivity index (χ4v) is 3.74. The van der Waals surface area contributed by atoms with Gasteiger partial charge < -0.3 is 14.8 Å². The fraction of sp³-hybridized carbons (Fsp3) is 0.278. The summed E-state index contributed by atoms with van der Waals surface area (Å²) in [6.07, 6.45) is 0. The Morgan fingerprint density at radius 1 is 1.17 bits per heavy atom. The molecule has 0 aromatic heterocycles. The van der Waals surface area contributed by atoms with Crippen molar-refractivity contribution < 1.29 is 31.5 Å². The van der Waals surface area contributed by atoms with Gasteiger partial charge in [-0.25, -0.2) is 8.42 Å². The van der Waals surface area contributed by atoms with Gasteiger partial charge in [-0.3, -0.25) is 4.79 Å². The number of sulfonamides is 1. The summed E-state index contributed by atoms with van der Waals surface area (Å²) in [5.74, 6) is -0.565. The summed E-state index contributed by atoms with van der Waals surface area (Å²) in [5, 5.41) is 2.58. The zero-order valence-electron chi connectivity index (χ0n) is 15.6. The minimum Gasteiger partial charge on any atom is -0.493 e. The molecule has 0 aliphatic carbocycles. The fourth-order valence-electron chi connectivity index (χ4n) is 2.35. The normalized spacial score (nSPS) is 11.6. The van der Waals surface area contributed by atoms with Gasteiger partial charge in [0.15, 0.2) is 11.5 Å². The van der Waals surface area contributed by atoms with E-state index in [1.54, 1.807) is 12.1 Å². The Morgan fingerprint density at radius 3 is 2.41 bits per heavy atom. The van der Waals surface area contributed by atoms with Crippen LogP contribution >= 0.6 is 15.9 Å². The van der Waals surface area contributed by atoms with Crippen LogP contribution in [0, 0.1) is 0 Å². The largest absolute Gasteiger partial charge is 0.493 e. The third-order valence-corrected chi connectivity index (χ3v) is 6.17. The van der Waals surface area contributed by atoms with Crippen LogP contribution < -0.4 is 14.8 Å². The molecule has 0 saturated heterocycles. The van der Waals surface area contributed by atoms with Gasteiger partial charge in [0.2, 0.25) is 15.9 Å². The number of nitrogens with zero attached hydrogens (tertiary/aromatic N) is 1. The molecule has 1 N–H and O–H groups in total. The molecule has 29 heavy (non-hydrogen) atoms. The number of benzene rings is 2. The van der Waals surface area contributed by atoms with Crippen LogP contribution in [0.2, 0.25) is 0 Å². The van der Waals surface area contributed by atoms with E-state index in [9.17, 15) is 22.0 Å². The van der Waals surface area contributed by atoms with Crippen LogP contribution in [0.25, 0.3) is 0 Å². The lowest BCUT2D eigenvalue weighted by molar-refractivity contribution is -0.121. The van der Waals surface area contributed by atoms with E-state index in [-0.39, 0.29) is 29.5 Å². The molecule has 7 nitrogen and oxygen atoms in total. The van der Waals surface area contributed by atoms with Gasteiger partial charge in [0.25, 0.3) is 0 Å². The molecule has 0 spiro atoms. The highest BCUT2D eigenvalue weighted by Crippen LogP contribution is 2.29. The first kappa shape index (κ1) is 23.0. The van der Waals surface area contributed by atoms with E-state index in [2.05, 4.69) is 26.0 Å². The third-order valence-electron chi connectivity index (χ3n) is 3.82. The number of hydrogen-bond donors (Lipinski definition) is 1. The van der Waals surface area contributed by atoms with E-state index in [0.717, 1.165) is 8.78 Å². The lowest BCUT2D eigenvalue weighted by atomic mass is 10.2. The molecule has 2 aromatic rings. The van der Waals surface area contributed by atoms with Gasteiger partial charge in [0, 0.05) is 18.1 Å². The first-order valence-corrected chi connectivity index (χ1v) is 10.5. The highest BCUT2D eigenvalue weighted by Gasteiger charge is 2.22. The molecular formula is C18H19BrF2N2O5S. The predicted molar refractivity (Wildman–Crippen MR) is 105 cm³/mol. The van der Waals surface area contributed by atoms with Gasteiger partial charge in [-0.15, -0.1) is 0 Å². The maximum absolute atomic E-state index is 12.5. The van der Waals surface area contributed by atoms with Crippen LogP contribution in [0.15, 0.2) is 51.8 Å². The second kappa shape index (κ2) is 9.99. The lowest BCUT2D eigenvalue weighted by Gasteiger charge is -2.17. The summed E-state index contributed by atoms with van der Waals surface area (Å²) in [4.78, 5) is 12.2. The molecule has 0 radical (unpaired) electrons. The molecule has 0 bridgehead atoms. The molecule has 0 fully saturated rings. The van der Waals surface area contributed by atoms with E-state index in [1.807, 2.05) is 0 Å². The Bertz CT molecular complexity index is 955. The van der Waals surface area contributed by atoms with Crippen molar-refractivity contribution in [3.63, 3.8) is 0 Å². The molecule has 2 aromatic carbocycles. The van der Waals surface area contributed by atoms with E-state index >= 15 is 0 Å². The number of carbonyl (C=O) groups is 1. The Hall–Kier alpha value is -2.24. The second-order valence-electron chi connectivity index (χ2n) is 5.86. The van der Waals surface area contributed by atoms with Crippen molar-refractivity contribution in [2.75, 3.05) is 20.7 Å². The van der Waals surface area contributed by atoms with Crippen LogP contribution in [0.3, 0.4) is 0 Å². The van der Waals surface area contributed by atoms with Crippen molar-refractivity contribution in [3.8, 4) is 11.5 Å². The summed E-state index contributed by atoms with van der Waals surface area (Å²) in [6.45, 7) is -3.32. The molecule has 2 rings (SSSR count). The highest BCUT2D eigenvalue weighted by molar-refractivity contribution is 9.10. The van der Waals surface area contributed by atoms with Crippen molar-refractivity contribution in [1.82, 2.24) is 9.62 Å². The number of alkyl halides is 2. The summed E-state index contributed by atoms with van der Waals surface area (Å²) in [7, 11) is -1.21. The molecule has 0 aliphatic heterocycles. The minimum atomic E-state index is -3.82. The maximum atomic E-state index is 12.5. The van der Waals surface area contributed by atoms with E-state index in [1.165, 1.54) is 44.5 Å². The summed E-state index contributed by atoms with van der Waals surface area (Å²) in [5.41, 5.74) is 0.565. The first-order chi connectivity index (χ1) is 13.6. The topological polar surface area (TPSA) is 84.9 Å². The molecule has 0 saturated carbocycles. The molecular weight excluding hydrogens is 474 g/mol. The first-order valence-electron chi connectivity index (χ1n) is 8.24. The lowest BCUT2D eigenvalue weighted by Crippen LogP contribution is -2.38. The van der Waals surface area contributed by atoms with Gasteiger partial charge in [-0.05, 0) is 42.0 Å². The summed E-state index contributed by atoms with van der Waals surface area (Å²) >= 11 is 3.23. The Morgan fingerprint density at radius 2 is 1.83 bits per heavy atom. The molecule has 1 amide bonds. The van der Waals surface area contributed by atoms with Gasteiger partial charge in [-0.1, -0.05) is 22.0 Å². The standard InChI is InChI=1S/C18H19BrF2N2O5S/c1-23(29(25,26)14-6-4-13(19)5-7-14)11-17(24)22-10-12-3-8-15(28-18(20)21)16(9-12)27-2/h3-9,18H,10-11H2,1-2H3,(H,22,24). The summed E-state index contributed by atoms with van der Waals surface area (Å²) in [6, 6.07) is 10.3. The van der Waals surface area contributed by atoms with Crippen LogP contribution in [-0.2, 0) is 21.4 Å². The zero-order valence-corrected chi connectivity index (χ0v) is 18.0. The molecule has 158 valence electrons. The average molecular weight is 493 g/mol. The number of carbonyl (C=O) groups excluding carboxylic acids is 1. The number of ether oxygens (including phenoxy) is 2. The van der Waals surface area contributed by atoms with E-state index < -0.39 is 22.5 Å². The number of likely N-dealkylation sites (N-methyl/N-ethyl adjacent to an activating group) is 1. The monoisotopic (exact) mass is 492 g/mol. The van der Waals surface area contributed by atoms with Crippen molar-refractivity contribution in [2.45, 2.75) is 18.1 Å². The quantitative estimate of drug-likeness (QED) is 0.581. The number of hydrogen-bond acceptors (Lipinski definition) is 5. The SMILES string of the molecule is COc1cc(CNC(=O)CN(C)S(=O)(=O)c2ccc(Br)cc2)ccc1OC(F)F. The number of rotatable bonds is 9. The summed E-state index contributed by atoms with van der Waals surface area (Å²) < 4.78 is 60.7. The minimum absolute atomic E-state index is 0.0519. The molecule has 0 aliphatic rings. The van der Waals surface area contributed by atoms with E-state index in [0.29, 0.717) is 5.56 Å². The van der Waals surface area contributed by atoms with Crippen LogP contribution in [0.1, 0.15) is 5.56 Å². The van der Waals surface area contributed by atoms with Crippen molar-refractivity contribution in [2.24, 2.45) is 0 Å². The zero-order chi connectivity index (χ0) is 21.6. The van der Waals surface area contributed by atoms with E-state index in [4.69, 9.17) is 4.74 Å². The van der Waals surface area contributed by atoms with Gasteiger partial charge in [-0.2, -0.15) is 13.1 Å². The van der Waals surface area contributed by atoms with Crippen LogP contribution in [-0.4, -0.2) is 45.9 Å². The number of amides is 1. The number of nitrogens with one attached hydrogen (secondary N) is 1. The van der Waals surface area contributed by atoms with Gasteiger partial charge in [0.05, 0.1) is 18.6 Å². The third kappa shape index (κ3) is 6.38. The smallest absolute Gasteiger partial charge is 0.387 e.